The van der Waals surface area contributed by atoms with E-state index in [1.54, 1.807) is 9.58 Å². The minimum atomic E-state index is -0.944. The zero-order valence-electron chi connectivity index (χ0n) is 8.01. The van der Waals surface area contributed by atoms with Crippen molar-refractivity contribution in [3.63, 3.8) is 0 Å². The van der Waals surface area contributed by atoms with E-state index in [0.717, 1.165) is 0 Å². The zero-order chi connectivity index (χ0) is 10.3. The molecule has 0 aromatic carbocycles. The Morgan fingerprint density at radius 1 is 1.64 bits per heavy atom. The Bertz CT molecular complexity index is 408. The van der Waals surface area contributed by atoms with Gasteiger partial charge in [-0.05, 0) is 13.0 Å². The number of nitrogens with zero attached hydrogens (tertiary/aromatic N) is 3. The van der Waals surface area contributed by atoms with Gasteiger partial charge in [-0.2, -0.15) is 5.10 Å². The lowest BCUT2D eigenvalue weighted by Crippen LogP contribution is -2.22. The van der Waals surface area contributed by atoms with Crippen molar-refractivity contribution in [3.05, 3.63) is 24.0 Å². The fourth-order valence-electron chi connectivity index (χ4n) is 1.56. The average Bonchev–Trinajstić information content (AvgIpc) is 2.56. The number of rotatable bonds is 1. The molecule has 74 valence electrons. The lowest BCUT2D eigenvalue weighted by atomic mass is 10.2. The van der Waals surface area contributed by atoms with Gasteiger partial charge in [-0.1, -0.05) is 0 Å². The number of fused-ring (bicyclic) bond motifs is 1. The van der Waals surface area contributed by atoms with E-state index in [0.29, 0.717) is 5.82 Å². The quantitative estimate of drug-likeness (QED) is 0.725. The fourth-order valence-corrected chi connectivity index (χ4v) is 1.56. The molecule has 1 aromatic heterocycles. The first-order valence-electron chi connectivity index (χ1n) is 4.33. The number of carboxylic acid groups (broad SMARTS) is 1. The van der Waals surface area contributed by atoms with Gasteiger partial charge in [-0.25, -0.2) is 9.48 Å². The van der Waals surface area contributed by atoms with Gasteiger partial charge in [-0.3, -0.25) is 0 Å². The first-order chi connectivity index (χ1) is 6.61. The van der Waals surface area contributed by atoms with Gasteiger partial charge in [0.2, 0.25) is 0 Å². The third kappa shape index (κ3) is 1.09. The second-order valence-electron chi connectivity index (χ2n) is 3.32. The molecule has 1 aliphatic rings. The fraction of sp³-hybridized carbons (Fsp3) is 0.333. The van der Waals surface area contributed by atoms with Gasteiger partial charge in [0.05, 0.1) is 12.2 Å². The molecule has 1 aliphatic heterocycles. The number of carbonyl (C=O) groups is 1. The molecule has 1 atom stereocenters. The van der Waals surface area contributed by atoms with E-state index in [2.05, 4.69) is 5.10 Å². The van der Waals surface area contributed by atoms with E-state index >= 15 is 0 Å². The SMILES string of the molecule is C[C@@H]1C=CN(C)c2c(C(=O)O)cnn21. The van der Waals surface area contributed by atoms with Gasteiger partial charge in [-0.15, -0.1) is 0 Å². The van der Waals surface area contributed by atoms with Crippen LogP contribution in [0.5, 0.6) is 0 Å². The van der Waals surface area contributed by atoms with Crippen LogP contribution in [0.2, 0.25) is 0 Å². The van der Waals surface area contributed by atoms with Crippen LogP contribution in [0.15, 0.2) is 18.5 Å². The smallest absolute Gasteiger partial charge is 0.341 e. The largest absolute Gasteiger partial charge is 0.477 e. The zero-order valence-corrected chi connectivity index (χ0v) is 8.01. The summed E-state index contributed by atoms with van der Waals surface area (Å²) in [5.74, 6) is -0.312. The highest BCUT2D eigenvalue weighted by molar-refractivity contribution is 5.93. The van der Waals surface area contributed by atoms with E-state index in [9.17, 15) is 4.79 Å². The van der Waals surface area contributed by atoms with Crippen LogP contribution in [0.1, 0.15) is 23.3 Å². The van der Waals surface area contributed by atoms with Crippen LogP contribution in [0.4, 0.5) is 5.82 Å². The monoisotopic (exact) mass is 193 g/mol. The second kappa shape index (κ2) is 2.87. The Hall–Kier alpha value is -1.78. The highest BCUT2D eigenvalue weighted by Gasteiger charge is 2.23. The molecule has 1 N–H and O–H groups in total. The summed E-state index contributed by atoms with van der Waals surface area (Å²) in [6.07, 6.45) is 5.21. The molecule has 0 unspecified atom stereocenters. The molecule has 0 saturated heterocycles. The minimum absolute atomic E-state index is 0.106. The summed E-state index contributed by atoms with van der Waals surface area (Å²) in [5, 5.41) is 13.0. The van der Waals surface area contributed by atoms with E-state index in [4.69, 9.17) is 5.11 Å². The van der Waals surface area contributed by atoms with Crippen molar-refractivity contribution in [2.45, 2.75) is 13.0 Å². The van der Waals surface area contributed by atoms with Gasteiger partial charge >= 0.3 is 5.97 Å². The molecule has 2 heterocycles. The first-order valence-corrected chi connectivity index (χ1v) is 4.33. The highest BCUT2D eigenvalue weighted by Crippen LogP contribution is 2.27. The number of anilines is 1. The number of hydrogen-bond donors (Lipinski definition) is 1. The van der Waals surface area contributed by atoms with Gasteiger partial charge in [0.25, 0.3) is 0 Å². The Balaban J connectivity index is 2.57. The van der Waals surface area contributed by atoms with Crippen LogP contribution >= 0.6 is 0 Å². The predicted molar refractivity (Wildman–Crippen MR) is 51.4 cm³/mol. The minimum Gasteiger partial charge on any atom is -0.477 e. The number of aromatic carboxylic acids is 1. The standard InChI is InChI=1S/C9H11N3O2/c1-6-3-4-11(2)8-7(9(13)14)5-10-12(6)8/h3-6H,1-2H3,(H,13,14)/t6-/m1/s1. The van der Waals surface area contributed by atoms with Crippen LogP contribution in [0, 0.1) is 0 Å². The van der Waals surface area contributed by atoms with Crippen molar-refractivity contribution in [2.75, 3.05) is 11.9 Å². The van der Waals surface area contributed by atoms with Crippen molar-refractivity contribution in [3.8, 4) is 0 Å². The van der Waals surface area contributed by atoms with Crippen molar-refractivity contribution in [1.29, 1.82) is 0 Å². The Kier molecular flexibility index (Phi) is 1.80. The van der Waals surface area contributed by atoms with E-state index in [-0.39, 0.29) is 11.6 Å². The molecule has 0 aliphatic carbocycles. The van der Waals surface area contributed by atoms with E-state index < -0.39 is 5.97 Å². The summed E-state index contributed by atoms with van der Waals surface area (Å²) in [6.45, 7) is 1.96. The predicted octanol–water partition coefficient (Wildman–Crippen LogP) is 1.11. The summed E-state index contributed by atoms with van der Waals surface area (Å²) in [7, 11) is 1.81. The molecule has 5 heteroatoms. The average molecular weight is 193 g/mol. The Morgan fingerprint density at radius 3 is 3.00 bits per heavy atom. The summed E-state index contributed by atoms with van der Waals surface area (Å²) < 4.78 is 1.70. The van der Waals surface area contributed by atoms with Gasteiger partial charge in [0.15, 0.2) is 0 Å². The molecule has 0 radical (unpaired) electrons. The summed E-state index contributed by atoms with van der Waals surface area (Å²) in [5.41, 5.74) is 0.240. The second-order valence-corrected chi connectivity index (χ2v) is 3.32. The molecule has 1 aromatic rings. The van der Waals surface area contributed by atoms with Crippen LogP contribution in [0.25, 0.3) is 0 Å². The molecule has 14 heavy (non-hydrogen) atoms. The molecule has 0 spiro atoms. The lowest BCUT2D eigenvalue weighted by molar-refractivity contribution is 0.0697. The number of hydrogen-bond acceptors (Lipinski definition) is 3. The van der Waals surface area contributed by atoms with Gasteiger partial charge in [0, 0.05) is 13.2 Å². The maximum Gasteiger partial charge on any atom is 0.341 e. The van der Waals surface area contributed by atoms with Gasteiger partial charge in [0.1, 0.15) is 11.4 Å². The molecular weight excluding hydrogens is 182 g/mol. The maximum atomic E-state index is 10.9. The maximum absolute atomic E-state index is 10.9. The summed E-state index contributed by atoms with van der Waals surface area (Å²) in [6, 6.07) is 0.106. The first kappa shape index (κ1) is 8.80. The number of carboxylic acids is 1. The molecule has 2 rings (SSSR count). The summed E-state index contributed by atoms with van der Waals surface area (Å²) in [4.78, 5) is 12.6. The number of aromatic nitrogens is 2. The van der Waals surface area contributed by atoms with Crippen LogP contribution in [-0.2, 0) is 0 Å². The van der Waals surface area contributed by atoms with Crippen molar-refractivity contribution in [2.24, 2.45) is 0 Å². The van der Waals surface area contributed by atoms with E-state index in [1.165, 1.54) is 6.20 Å². The Morgan fingerprint density at radius 2 is 2.36 bits per heavy atom. The highest BCUT2D eigenvalue weighted by atomic mass is 16.4. The van der Waals surface area contributed by atoms with E-state index in [1.807, 2.05) is 26.2 Å². The lowest BCUT2D eigenvalue weighted by Gasteiger charge is -2.24. The Labute approximate surface area is 81.2 Å². The molecule has 5 nitrogen and oxygen atoms in total. The van der Waals surface area contributed by atoms with Crippen molar-refractivity contribution >= 4 is 11.8 Å². The van der Waals surface area contributed by atoms with Crippen molar-refractivity contribution in [1.82, 2.24) is 9.78 Å². The number of allylic oxidation sites excluding steroid dienone is 1. The third-order valence-corrected chi connectivity index (χ3v) is 2.31. The van der Waals surface area contributed by atoms with Crippen molar-refractivity contribution < 1.29 is 9.90 Å². The molecular formula is C9H11N3O2. The van der Waals surface area contributed by atoms with Crippen LogP contribution in [-0.4, -0.2) is 27.9 Å². The normalized spacial score (nSPS) is 19.6. The molecule has 0 amide bonds. The summed E-state index contributed by atoms with van der Waals surface area (Å²) >= 11 is 0. The van der Waals surface area contributed by atoms with Crippen LogP contribution in [0.3, 0.4) is 0 Å². The van der Waals surface area contributed by atoms with Crippen LogP contribution < -0.4 is 4.90 Å². The molecule has 0 saturated carbocycles. The molecule has 0 fully saturated rings. The van der Waals surface area contributed by atoms with Gasteiger partial charge < -0.3 is 10.0 Å². The topological polar surface area (TPSA) is 58.4 Å². The molecule has 0 bridgehead atoms. The third-order valence-electron chi connectivity index (χ3n) is 2.31.